The highest BCUT2D eigenvalue weighted by molar-refractivity contribution is 7.73. The van der Waals surface area contributed by atoms with E-state index in [0.29, 0.717) is 0 Å². The van der Waals surface area contributed by atoms with Crippen LogP contribution in [-0.4, -0.2) is 50.6 Å². The molecule has 0 aliphatic carbocycles. The molecule has 0 saturated carbocycles. The highest BCUT2D eigenvalue weighted by Crippen LogP contribution is 2.42. The van der Waals surface area contributed by atoms with Gasteiger partial charge >= 0.3 is 0 Å². The molecule has 2 nitrogen and oxygen atoms in total. The molecular weight excluding hydrogens is 668 g/mol. The first-order valence-electron chi connectivity index (χ1n) is 19.5. The molecule has 270 valence electrons. The minimum atomic E-state index is -1.88. The molecule has 1 heterocycles. The maximum atomic E-state index is 7.36. The fourth-order valence-corrected chi connectivity index (χ4v) is 24.7. The van der Waals surface area contributed by atoms with E-state index in [-0.39, 0.29) is 19.6 Å². The lowest BCUT2D eigenvalue weighted by molar-refractivity contribution is -0.0465. The summed E-state index contributed by atoms with van der Waals surface area (Å²) in [6, 6.07) is 34.1. The number of allylic oxidation sites excluding steroid dienone is 1. The molecule has 0 bridgehead atoms. The van der Waals surface area contributed by atoms with E-state index in [1.807, 2.05) is 0 Å². The number of hydrogen-bond acceptors (Lipinski definition) is 2. The van der Waals surface area contributed by atoms with Crippen molar-refractivity contribution in [2.75, 3.05) is 6.16 Å². The SMILES string of the molecule is C=CC[Si](C)(C)CCC[Si]1(CCCP(c2ccccc2)c2ccccc2)CCC[Si](C)(C)OC(CC)C(C)(CCC)O[Si](C)(C)CCC1. The van der Waals surface area contributed by atoms with Crippen molar-refractivity contribution < 1.29 is 8.85 Å². The Balaban J connectivity index is 1.91. The van der Waals surface area contributed by atoms with E-state index in [1.165, 1.54) is 90.8 Å². The first-order chi connectivity index (χ1) is 22.7. The normalized spacial score (nSPS) is 25.5. The molecule has 0 N–H and O–H groups in total. The molecule has 1 aliphatic rings. The van der Waals surface area contributed by atoms with Gasteiger partial charge in [-0.1, -0.05) is 156 Å². The quantitative estimate of drug-likeness (QED) is 0.103. The van der Waals surface area contributed by atoms with Gasteiger partial charge in [-0.3, -0.25) is 0 Å². The molecule has 0 amide bonds. The zero-order chi connectivity index (χ0) is 35.3. The van der Waals surface area contributed by atoms with Gasteiger partial charge in [-0.25, -0.2) is 0 Å². The van der Waals surface area contributed by atoms with Gasteiger partial charge in [0.25, 0.3) is 0 Å². The van der Waals surface area contributed by atoms with Gasteiger partial charge in [0.05, 0.1) is 27.9 Å². The minimum absolute atomic E-state index is 0.167. The summed E-state index contributed by atoms with van der Waals surface area (Å²) >= 11 is 0. The molecule has 2 aromatic carbocycles. The Morgan fingerprint density at radius 3 is 1.90 bits per heavy atom. The molecule has 2 aromatic rings. The monoisotopic (exact) mass is 740 g/mol. The highest BCUT2D eigenvalue weighted by Gasteiger charge is 2.43. The van der Waals surface area contributed by atoms with Crippen LogP contribution in [0.5, 0.6) is 0 Å². The van der Waals surface area contributed by atoms with Gasteiger partial charge in [-0.05, 0) is 88.8 Å². The number of hydrogen-bond donors (Lipinski definition) is 0. The summed E-state index contributed by atoms with van der Waals surface area (Å²) in [7, 11) is -6.80. The highest BCUT2D eigenvalue weighted by atomic mass is 31.1. The summed E-state index contributed by atoms with van der Waals surface area (Å²) in [6.07, 6.45) is 12.6. The van der Waals surface area contributed by atoms with E-state index < -0.39 is 32.8 Å². The van der Waals surface area contributed by atoms with E-state index in [1.54, 1.807) is 0 Å². The Morgan fingerprint density at radius 2 is 1.38 bits per heavy atom. The van der Waals surface area contributed by atoms with Crippen LogP contribution >= 0.6 is 7.92 Å². The molecule has 1 aliphatic heterocycles. The van der Waals surface area contributed by atoms with E-state index in [4.69, 9.17) is 8.85 Å². The smallest absolute Gasteiger partial charge is 0.187 e. The van der Waals surface area contributed by atoms with Gasteiger partial charge in [0, 0.05) is 0 Å². The molecule has 0 spiro atoms. The molecule has 3 atom stereocenters. The van der Waals surface area contributed by atoms with Crippen LogP contribution in [0.1, 0.15) is 65.7 Å². The molecular formula is C41H73O2PSi4. The van der Waals surface area contributed by atoms with Crippen molar-refractivity contribution in [3.05, 3.63) is 73.3 Å². The summed E-state index contributed by atoms with van der Waals surface area (Å²) in [4.78, 5) is 0. The second-order valence-electron chi connectivity index (χ2n) is 17.3. The van der Waals surface area contributed by atoms with Gasteiger partial charge < -0.3 is 8.85 Å². The third-order valence-corrected chi connectivity index (χ3v) is 27.6. The van der Waals surface area contributed by atoms with Crippen LogP contribution in [0.3, 0.4) is 0 Å². The Labute approximate surface area is 303 Å². The molecule has 48 heavy (non-hydrogen) atoms. The lowest BCUT2D eigenvalue weighted by Gasteiger charge is -2.45. The summed E-state index contributed by atoms with van der Waals surface area (Å²) in [5, 5.41) is 3.08. The van der Waals surface area contributed by atoms with Crippen molar-refractivity contribution in [1.29, 1.82) is 0 Å². The van der Waals surface area contributed by atoms with Crippen molar-refractivity contribution in [3.63, 3.8) is 0 Å². The van der Waals surface area contributed by atoms with E-state index >= 15 is 0 Å². The molecule has 0 radical (unpaired) electrons. The maximum Gasteiger partial charge on any atom is 0.187 e. The van der Waals surface area contributed by atoms with Gasteiger partial charge in [0.2, 0.25) is 0 Å². The van der Waals surface area contributed by atoms with Crippen molar-refractivity contribution in [1.82, 2.24) is 0 Å². The third-order valence-electron chi connectivity index (χ3n) is 11.2. The maximum absolute atomic E-state index is 7.36. The Hall–Kier alpha value is -0.602. The lowest BCUT2D eigenvalue weighted by atomic mass is 9.92. The van der Waals surface area contributed by atoms with Gasteiger partial charge in [0.15, 0.2) is 16.6 Å². The van der Waals surface area contributed by atoms with Crippen LogP contribution in [-0.2, 0) is 8.85 Å². The Morgan fingerprint density at radius 1 is 0.833 bits per heavy atom. The largest absolute Gasteiger partial charge is 0.412 e. The van der Waals surface area contributed by atoms with Crippen LogP contribution in [0.2, 0.25) is 87.6 Å². The molecule has 1 fully saturated rings. The lowest BCUT2D eigenvalue weighted by Crippen LogP contribution is -2.53. The van der Waals surface area contributed by atoms with E-state index in [9.17, 15) is 0 Å². The molecule has 1 saturated heterocycles. The van der Waals surface area contributed by atoms with Crippen molar-refractivity contribution >= 4 is 51.3 Å². The fourth-order valence-electron chi connectivity index (χ4n) is 8.74. The van der Waals surface area contributed by atoms with E-state index in [0.717, 1.165) is 19.3 Å². The van der Waals surface area contributed by atoms with Crippen molar-refractivity contribution in [2.45, 2.75) is 165 Å². The van der Waals surface area contributed by atoms with Crippen molar-refractivity contribution in [2.24, 2.45) is 0 Å². The number of rotatable bonds is 15. The summed E-state index contributed by atoms with van der Waals surface area (Å²) in [5.41, 5.74) is -0.167. The fraction of sp³-hybridized carbons (Fsp3) is 0.659. The van der Waals surface area contributed by atoms with Crippen LogP contribution in [0.25, 0.3) is 0 Å². The van der Waals surface area contributed by atoms with Crippen LogP contribution in [0, 0.1) is 0 Å². The molecule has 3 rings (SSSR count). The third kappa shape index (κ3) is 13.5. The predicted molar refractivity (Wildman–Crippen MR) is 229 cm³/mol. The standard InChI is InChI=1S/C41H73O2PSi4/c1-11-28-41(4)40(13-3)42-46(7,8)32-22-36-48(37-23-33-47(9,10)43-41,35-21-31-45(5,6)30-12-2)34-20-29-44(38-24-16-14-17-25-38)39-26-18-15-19-27-39/h12,14-19,24-27,40H,2,11,13,20-23,28-37H2,1,3-10H3. The van der Waals surface area contributed by atoms with Crippen LogP contribution < -0.4 is 10.6 Å². The minimum Gasteiger partial charge on any atom is -0.412 e. The Bertz CT molecular complexity index is 1170. The average Bonchev–Trinajstić information content (AvgIpc) is 3.02. The summed E-state index contributed by atoms with van der Waals surface area (Å²) in [5.74, 6) is 0. The van der Waals surface area contributed by atoms with Gasteiger partial charge in [0.1, 0.15) is 0 Å². The molecule has 0 aromatic heterocycles. The summed E-state index contributed by atoms with van der Waals surface area (Å²) in [6.45, 7) is 26.4. The second-order valence-corrected chi connectivity index (χ2v) is 38.4. The Kier molecular flexibility index (Phi) is 16.8. The van der Waals surface area contributed by atoms with Crippen LogP contribution in [0.4, 0.5) is 0 Å². The first kappa shape index (κ1) is 41.8. The average molecular weight is 741 g/mol. The zero-order valence-electron chi connectivity index (χ0n) is 32.7. The summed E-state index contributed by atoms with van der Waals surface area (Å²) < 4.78 is 14.6. The van der Waals surface area contributed by atoms with Crippen molar-refractivity contribution in [3.8, 4) is 0 Å². The topological polar surface area (TPSA) is 18.5 Å². The molecule has 7 heteroatoms. The number of benzene rings is 2. The first-order valence-corrected chi connectivity index (χ1v) is 33.5. The van der Waals surface area contributed by atoms with E-state index in [2.05, 4.69) is 133 Å². The van der Waals surface area contributed by atoms with Gasteiger partial charge in [-0.2, -0.15) is 0 Å². The van der Waals surface area contributed by atoms with Gasteiger partial charge in [-0.15, -0.1) is 6.58 Å². The second kappa shape index (κ2) is 19.3. The predicted octanol–water partition coefficient (Wildman–Crippen LogP) is 12.8. The molecule has 3 unspecified atom stereocenters. The van der Waals surface area contributed by atoms with Crippen LogP contribution in [0.15, 0.2) is 73.3 Å². The zero-order valence-corrected chi connectivity index (χ0v) is 37.6.